The molecule has 0 amide bonds. The Morgan fingerprint density at radius 1 is 1.55 bits per heavy atom. The summed E-state index contributed by atoms with van der Waals surface area (Å²) in [6, 6.07) is 0. The topological polar surface area (TPSA) is 75.7 Å². The summed E-state index contributed by atoms with van der Waals surface area (Å²) >= 11 is 0. The monoisotopic (exact) mass is 152 g/mol. The Hall–Kier alpha value is -1.45. The molecule has 0 aliphatic rings. The molecule has 0 radical (unpaired) electrons. The van der Waals surface area contributed by atoms with Crippen LogP contribution in [0.4, 0.5) is 5.69 Å². The summed E-state index contributed by atoms with van der Waals surface area (Å²) in [6.07, 6.45) is 3.92. The Bertz CT molecular complexity index is 221. The van der Waals surface area contributed by atoms with E-state index in [-0.39, 0.29) is 0 Å². The maximum absolute atomic E-state index is 6.79. The van der Waals surface area contributed by atoms with Gasteiger partial charge in [-0.25, -0.2) is 9.97 Å². The van der Waals surface area contributed by atoms with E-state index in [9.17, 15) is 0 Å². The number of nitrogens with zero attached hydrogens (tertiary/aromatic N) is 2. The highest BCUT2D eigenvalue weighted by molar-refractivity contribution is 5.81. The van der Waals surface area contributed by atoms with Crippen molar-refractivity contribution in [2.24, 2.45) is 0 Å². The Balaban J connectivity index is 0.000000461. The van der Waals surface area contributed by atoms with Crippen LogP contribution in [0.15, 0.2) is 12.5 Å². The zero-order valence-electron chi connectivity index (χ0n) is 6.70. The van der Waals surface area contributed by atoms with Crippen molar-refractivity contribution >= 4 is 11.9 Å². The van der Waals surface area contributed by atoms with E-state index in [2.05, 4.69) is 9.97 Å². The van der Waals surface area contributed by atoms with Crippen molar-refractivity contribution in [1.82, 2.24) is 9.97 Å². The third-order valence-corrected chi connectivity index (χ3v) is 0.910. The average Bonchev–Trinajstić information content (AvgIpc) is 2.09. The summed E-state index contributed by atoms with van der Waals surface area (Å²) in [5.74, 6) is 0. The van der Waals surface area contributed by atoms with Crippen molar-refractivity contribution in [2.45, 2.75) is 13.8 Å². The first-order valence-electron chi connectivity index (χ1n) is 3.40. The van der Waals surface area contributed by atoms with Crippen LogP contribution in [-0.4, -0.2) is 16.2 Å². The first kappa shape index (κ1) is 9.55. The van der Waals surface area contributed by atoms with Crippen LogP contribution in [0.25, 0.3) is 0 Å². The van der Waals surface area contributed by atoms with Gasteiger partial charge in [0.1, 0.15) is 12.0 Å². The van der Waals surface area contributed by atoms with Crippen LogP contribution in [0, 0.1) is 5.41 Å². The third-order valence-electron chi connectivity index (χ3n) is 0.910. The molecule has 1 rings (SSSR count). The van der Waals surface area contributed by atoms with Gasteiger partial charge in [0.2, 0.25) is 0 Å². The van der Waals surface area contributed by atoms with E-state index in [0.717, 1.165) is 6.21 Å². The second kappa shape index (κ2) is 5.34. The van der Waals surface area contributed by atoms with E-state index in [1.807, 2.05) is 13.8 Å². The molecule has 3 N–H and O–H groups in total. The van der Waals surface area contributed by atoms with Gasteiger partial charge in [-0.2, -0.15) is 0 Å². The van der Waals surface area contributed by atoms with Crippen LogP contribution in [0.2, 0.25) is 0 Å². The van der Waals surface area contributed by atoms with Gasteiger partial charge in [0.05, 0.1) is 11.9 Å². The molecule has 60 valence electrons. The molecule has 1 heterocycles. The number of nitrogens with two attached hydrogens (primary N) is 1. The van der Waals surface area contributed by atoms with Crippen LogP contribution in [-0.2, 0) is 0 Å². The molecule has 0 spiro atoms. The molecule has 4 nitrogen and oxygen atoms in total. The van der Waals surface area contributed by atoms with Crippen LogP contribution in [0.1, 0.15) is 19.5 Å². The summed E-state index contributed by atoms with van der Waals surface area (Å²) < 4.78 is 0. The minimum Gasteiger partial charge on any atom is -0.396 e. The molecule has 4 heteroatoms. The fourth-order valence-electron chi connectivity index (χ4n) is 0.470. The molecule has 0 atom stereocenters. The maximum atomic E-state index is 6.79. The summed E-state index contributed by atoms with van der Waals surface area (Å²) in [5.41, 5.74) is 6.26. The van der Waals surface area contributed by atoms with E-state index in [1.165, 1.54) is 12.5 Å². The summed E-state index contributed by atoms with van der Waals surface area (Å²) in [6.45, 7) is 4.00. The highest BCUT2D eigenvalue weighted by Crippen LogP contribution is 1.99. The van der Waals surface area contributed by atoms with Crippen LogP contribution in [0.3, 0.4) is 0 Å². The highest BCUT2D eigenvalue weighted by atomic mass is 14.9. The molecule has 0 saturated heterocycles. The van der Waals surface area contributed by atoms with E-state index in [0.29, 0.717) is 11.4 Å². The van der Waals surface area contributed by atoms with Crippen molar-refractivity contribution in [3.63, 3.8) is 0 Å². The predicted octanol–water partition coefficient (Wildman–Crippen LogP) is 1.08. The second-order valence-corrected chi connectivity index (χ2v) is 1.51. The van der Waals surface area contributed by atoms with Crippen LogP contribution < -0.4 is 5.73 Å². The lowest BCUT2D eigenvalue weighted by atomic mass is 10.4. The third kappa shape index (κ3) is 2.75. The Labute approximate surface area is 66.0 Å². The molecule has 0 fully saturated rings. The molecule has 11 heavy (non-hydrogen) atoms. The van der Waals surface area contributed by atoms with Crippen molar-refractivity contribution in [1.29, 1.82) is 5.41 Å². The van der Waals surface area contributed by atoms with Gasteiger partial charge in [-0.15, -0.1) is 0 Å². The smallest absolute Gasteiger partial charge is 0.116 e. The normalized spacial score (nSPS) is 7.82. The summed E-state index contributed by atoms with van der Waals surface area (Å²) in [4.78, 5) is 7.37. The molecule has 0 saturated carbocycles. The van der Waals surface area contributed by atoms with Crippen molar-refractivity contribution < 1.29 is 0 Å². The lowest BCUT2D eigenvalue weighted by molar-refractivity contribution is 1.16. The lowest BCUT2D eigenvalue weighted by Crippen LogP contribution is -1.96. The zero-order chi connectivity index (χ0) is 8.69. The standard InChI is InChI=1S/C5H6N4.C2H6/c6-1-5-4(7)2-8-3-9-5;1-2/h1-3,6H,7H2;1-2H3. The summed E-state index contributed by atoms with van der Waals surface area (Å²) in [7, 11) is 0. The fraction of sp³-hybridized carbons (Fsp3) is 0.286. The molecular formula is C7H12N4. The van der Waals surface area contributed by atoms with Gasteiger partial charge in [0, 0.05) is 6.21 Å². The molecule has 0 aliphatic carbocycles. The first-order chi connectivity index (χ1) is 5.34. The van der Waals surface area contributed by atoms with Gasteiger partial charge in [-0.3, -0.25) is 0 Å². The number of hydrogen-bond acceptors (Lipinski definition) is 4. The van der Waals surface area contributed by atoms with Gasteiger partial charge < -0.3 is 11.1 Å². The van der Waals surface area contributed by atoms with E-state index in [4.69, 9.17) is 11.1 Å². The second-order valence-electron chi connectivity index (χ2n) is 1.51. The molecule has 0 unspecified atom stereocenters. The number of nitrogens with one attached hydrogen (secondary N) is 1. The zero-order valence-corrected chi connectivity index (χ0v) is 6.70. The van der Waals surface area contributed by atoms with E-state index >= 15 is 0 Å². The molecule has 0 aliphatic heterocycles. The van der Waals surface area contributed by atoms with Crippen LogP contribution >= 0.6 is 0 Å². The van der Waals surface area contributed by atoms with Crippen molar-refractivity contribution in [3.05, 3.63) is 18.2 Å². The van der Waals surface area contributed by atoms with Gasteiger partial charge in [-0.05, 0) is 0 Å². The molecule has 1 aromatic heterocycles. The average molecular weight is 152 g/mol. The Morgan fingerprint density at radius 3 is 2.55 bits per heavy atom. The number of nitrogen functional groups attached to an aromatic ring is 1. The van der Waals surface area contributed by atoms with E-state index < -0.39 is 0 Å². The minimum absolute atomic E-state index is 0.438. The molecular weight excluding hydrogens is 140 g/mol. The van der Waals surface area contributed by atoms with Crippen molar-refractivity contribution in [2.75, 3.05) is 5.73 Å². The number of aromatic nitrogens is 2. The summed E-state index contributed by atoms with van der Waals surface area (Å²) in [5, 5.41) is 6.79. The highest BCUT2D eigenvalue weighted by Gasteiger charge is 1.91. The fourth-order valence-corrected chi connectivity index (χ4v) is 0.470. The lowest BCUT2D eigenvalue weighted by Gasteiger charge is -1.92. The van der Waals surface area contributed by atoms with Gasteiger partial charge in [0.25, 0.3) is 0 Å². The van der Waals surface area contributed by atoms with E-state index in [1.54, 1.807) is 0 Å². The first-order valence-corrected chi connectivity index (χ1v) is 3.40. The quantitative estimate of drug-likeness (QED) is 0.591. The number of anilines is 1. The SMILES string of the molecule is CC.N=Cc1ncncc1N. The largest absolute Gasteiger partial charge is 0.396 e. The van der Waals surface area contributed by atoms with Crippen molar-refractivity contribution in [3.8, 4) is 0 Å². The van der Waals surface area contributed by atoms with Gasteiger partial charge in [0.15, 0.2) is 0 Å². The maximum Gasteiger partial charge on any atom is 0.116 e. The minimum atomic E-state index is 0.438. The number of rotatable bonds is 1. The van der Waals surface area contributed by atoms with Gasteiger partial charge in [-0.1, -0.05) is 13.8 Å². The predicted molar refractivity (Wildman–Crippen MR) is 45.7 cm³/mol. The molecule has 1 aromatic rings. The molecule has 0 aromatic carbocycles. The van der Waals surface area contributed by atoms with Crippen LogP contribution in [0.5, 0.6) is 0 Å². The number of hydrogen-bond donors (Lipinski definition) is 2. The Morgan fingerprint density at radius 2 is 2.18 bits per heavy atom. The Kier molecular flexibility index (Phi) is 4.64. The van der Waals surface area contributed by atoms with Gasteiger partial charge >= 0.3 is 0 Å². The molecule has 0 bridgehead atoms.